The molecular formula is C12H12N2O. The lowest BCUT2D eigenvalue weighted by atomic mass is 10.0. The van der Waals surface area contributed by atoms with Gasteiger partial charge in [0, 0.05) is 11.6 Å². The van der Waals surface area contributed by atoms with Gasteiger partial charge in [-0.05, 0) is 12.0 Å². The highest BCUT2D eigenvalue weighted by Crippen LogP contribution is 2.19. The summed E-state index contributed by atoms with van der Waals surface area (Å²) in [6, 6.07) is 11.4. The van der Waals surface area contributed by atoms with Gasteiger partial charge < -0.3 is 0 Å². The summed E-state index contributed by atoms with van der Waals surface area (Å²) in [5, 5.41) is 6.49. The number of benzene rings is 1. The molecular weight excluding hydrogens is 188 g/mol. The Balaban J connectivity index is 2.61. The molecule has 0 unspecified atom stereocenters. The molecule has 0 saturated carbocycles. The lowest BCUT2D eigenvalue weighted by molar-refractivity contribution is 0.899. The van der Waals surface area contributed by atoms with Crippen LogP contribution in [0.3, 0.4) is 0 Å². The van der Waals surface area contributed by atoms with E-state index in [4.69, 9.17) is 0 Å². The second-order valence-electron chi connectivity index (χ2n) is 3.31. The Morgan fingerprint density at radius 1 is 1.27 bits per heavy atom. The third-order valence-electron chi connectivity index (χ3n) is 2.31. The van der Waals surface area contributed by atoms with Gasteiger partial charge in [-0.25, -0.2) is 5.10 Å². The van der Waals surface area contributed by atoms with Crippen LogP contribution >= 0.6 is 0 Å². The zero-order chi connectivity index (χ0) is 10.7. The first-order valence-corrected chi connectivity index (χ1v) is 4.95. The molecule has 0 aliphatic carbocycles. The molecule has 2 rings (SSSR count). The Morgan fingerprint density at radius 2 is 2.00 bits per heavy atom. The van der Waals surface area contributed by atoms with Crippen LogP contribution in [-0.4, -0.2) is 10.2 Å². The smallest absolute Gasteiger partial charge is 0.264 e. The van der Waals surface area contributed by atoms with E-state index in [1.165, 1.54) is 0 Å². The van der Waals surface area contributed by atoms with Gasteiger partial charge in [-0.2, -0.15) is 5.10 Å². The number of nitrogens with zero attached hydrogens (tertiary/aromatic N) is 1. The first kappa shape index (κ1) is 9.65. The molecule has 0 fully saturated rings. The summed E-state index contributed by atoms with van der Waals surface area (Å²) >= 11 is 0. The van der Waals surface area contributed by atoms with Crippen molar-refractivity contribution in [2.75, 3.05) is 0 Å². The van der Waals surface area contributed by atoms with E-state index in [1.807, 2.05) is 37.3 Å². The largest absolute Gasteiger partial charge is 0.268 e. The number of hydrogen-bond acceptors (Lipinski definition) is 2. The van der Waals surface area contributed by atoms with Crippen LogP contribution in [0.2, 0.25) is 0 Å². The number of rotatable bonds is 2. The van der Waals surface area contributed by atoms with Crippen molar-refractivity contribution in [2.24, 2.45) is 0 Å². The fourth-order valence-corrected chi connectivity index (χ4v) is 1.57. The van der Waals surface area contributed by atoms with E-state index in [2.05, 4.69) is 10.2 Å². The fourth-order valence-electron chi connectivity index (χ4n) is 1.57. The van der Waals surface area contributed by atoms with Crippen LogP contribution in [0.15, 0.2) is 41.2 Å². The molecule has 0 radical (unpaired) electrons. The highest BCUT2D eigenvalue weighted by atomic mass is 16.1. The molecule has 1 aromatic heterocycles. The summed E-state index contributed by atoms with van der Waals surface area (Å²) < 4.78 is 0. The number of aromatic nitrogens is 2. The first-order valence-electron chi connectivity index (χ1n) is 4.95. The summed E-state index contributed by atoms with van der Waals surface area (Å²) in [6.45, 7) is 2.02. The molecule has 3 nitrogen and oxygen atoms in total. The van der Waals surface area contributed by atoms with Gasteiger partial charge in [-0.15, -0.1) is 0 Å². The monoisotopic (exact) mass is 200 g/mol. The lowest BCUT2D eigenvalue weighted by Gasteiger charge is -2.05. The molecule has 0 amide bonds. The number of hydrogen-bond donors (Lipinski definition) is 1. The highest BCUT2D eigenvalue weighted by Gasteiger charge is 2.05. The van der Waals surface area contributed by atoms with Gasteiger partial charge in [0.25, 0.3) is 5.56 Å². The molecule has 0 aliphatic heterocycles. The zero-order valence-electron chi connectivity index (χ0n) is 8.53. The predicted molar refractivity (Wildman–Crippen MR) is 59.7 cm³/mol. The second kappa shape index (κ2) is 4.09. The van der Waals surface area contributed by atoms with Crippen LogP contribution in [0.5, 0.6) is 0 Å². The Kier molecular flexibility index (Phi) is 2.63. The number of nitrogens with one attached hydrogen (secondary N) is 1. The minimum atomic E-state index is -0.161. The molecule has 3 heteroatoms. The van der Waals surface area contributed by atoms with Crippen LogP contribution < -0.4 is 5.56 Å². The maximum Gasteiger partial charge on any atom is 0.264 e. The third-order valence-corrected chi connectivity index (χ3v) is 2.31. The van der Waals surface area contributed by atoms with Crippen LogP contribution in [0.4, 0.5) is 0 Å². The third kappa shape index (κ3) is 1.96. The van der Waals surface area contributed by atoms with E-state index in [0.717, 1.165) is 23.2 Å². The molecule has 0 aliphatic rings. The number of H-pyrrole nitrogens is 1. The second-order valence-corrected chi connectivity index (χ2v) is 3.31. The average Bonchev–Trinajstić information content (AvgIpc) is 2.30. The topological polar surface area (TPSA) is 45.8 Å². The molecule has 1 heterocycles. The fraction of sp³-hybridized carbons (Fsp3) is 0.167. The molecule has 1 aromatic carbocycles. The summed E-state index contributed by atoms with van der Waals surface area (Å²) in [5.41, 5.74) is 2.71. The molecule has 0 spiro atoms. The van der Waals surface area contributed by atoms with Crippen LogP contribution in [0, 0.1) is 0 Å². The van der Waals surface area contributed by atoms with Crippen molar-refractivity contribution in [3.8, 4) is 11.1 Å². The Bertz CT molecular complexity index is 503. The summed E-state index contributed by atoms with van der Waals surface area (Å²) in [4.78, 5) is 11.2. The SMILES string of the molecule is CCc1n[nH]c(=O)cc1-c1ccccc1. The van der Waals surface area contributed by atoms with E-state index in [-0.39, 0.29) is 5.56 Å². The van der Waals surface area contributed by atoms with Crippen molar-refractivity contribution in [1.29, 1.82) is 0 Å². The van der Waals surface area contributed by atoms with Crippen LogP contribution in [0.1, 0.15) is 12.6 Å². The maximum atomic E-state index is 11.2. The van der Waals surface area contributed by atoms with Crippen molar-refractivity contribution < 1.29 is 0 Å². The van der Waals surface area contributed by atoms with Gasteiger partial charge in [0.2, 0.25) is 0 Å². The minimum absolute atomic E-state index is 0.161. The molecule has 1 N–H and O–H groups in total. The Morgan fingerprint density at radius 3 is 2.67 bits per heavy atom. The van der Waals surface area contributed by atoms with E-state index < -0.39 is 0 Å². The highest BCUT2D eigenvalue weighted by molar-refractivity contribution is 5.65. The molecule has 15 heavy (non-hydrogen) atoms. The van der Waals surface area contributed by atoms with Crippen molar-refractivity contribution >= 4 is 0 Å². The molecule has 0 saturated heterocycles. The zero-order valence-corrected chi connectivity index (χ0v) is 8.53. The van der Waals surface area contributed by atoms with Crippen molar-refractivity contribution in [3.05, 3.63) is 52.4 Å². The van der Waals surface area contributed by atoms with Gasteiger partial charge in [0.1, 0.15) is 0 Å². The first-order chi connectivity index (χ1) is 7.31. The number of aryl methyl sites for hydroxylation is 1. The molecule has 0 bridgehead atoms. The van der Waals surface area contributed by atoms with Crippen molar-refractivity contribution in [2.45, 2.75) is 13.3 Å². The van der Waals surface area contributed by atoms with Crippen LogP contribution in [0.25, 0.3) is 11.1 Å². The van der Waals surface area contributed by atoms with E-state index in [1.54, 1.807) is 6.07 Å². The molecule has 0 atom stereocenters. The summed E-state index contributed by atoms with van der Waals surface area (Å²) in [7, 11) is 0. The van der Waals surface area contributed by atoms with Gasteiger partial charge in [0.15, 0.2) is 0 Å². The van der Waals surface area contributed by atoms with Crippen LogP contribution in [-0.2, 0) is 6.42 Å². The van der Waals surface area contributed by atoms with Gasteiger partial charge >= 0.3 is 0 Å². The molecule has 2 aromatic rings. The Hall–Kier alpha value is -1.90. The minimum Gasteiger partial charge on any atom is -0.268 e. The van der Waals surface area contributed by atoms with E-state index in [0.29, 0.717) is 0 Å². The van der Waals surface area contributed by atoms with Crippen molar-refractivity contribution in [1.82, 2.24) is 10.2 Å². The Labute approximate surface area is 87.8 Å². The van der Waals surface area contributed by atoms with Crippen molar-refractivity contribution in [3.63, 3.8) is 0 Å². The predicted octanol–water partition coefficient (Wildman–Crippen LogP) is 2.00. The van der Waals surface area contributed by atoms with Gasteiger partial charge in [-0.1, -0.05) is 37.3 Å². The quantitative estimate of drug-likeness (QED) is 0.805. The van der Waals surface area contributed by atoms with E-state index >= 15 is 0 Å². The standard InChI is InChI=1S/C12H12N2O/c1-2-11-10(8-12(15)14-13-11)9-6-4-3-5-7-9/h3-8H,2H2,1H3,(H,14,15). The lowest BCUT2D eigenvalue weighted by Crippen LogP contribution is -2.09. The van der Waals surface area contributed by atoms with Gasteiger partial charge in [0.05, 0.1) is 5.69 Å². The van der Waals surface area contributed by atoms with Gasteiger partial charge in [-0.3, -0.25) is 4.79 Å². The average molecular weight is 200 g/mol. The number of aromatic amines is 1. The van der Waals surface area contributed by atoms with E-state index in [9.17, 15) is 4.79 Å². The maximum absolute atomic E-state index is 11.2. The molecule has 76 valence electrons. The summed E-state index contributed by atoms with van der Waals surface area (Å²) in [5.74, 6) is 0. The summed E-state index contributed by atoms with van der Waals surface area (Å²) in [6.07, 6.45) is 0.807. The normalized spacial score (nSPS) is 10.2.